The number of ether oxygens (including phenoxy) is 1. The summed E-state index contributed by atoms with van der Waals surface area (Å²) in [5.74, 6) is -0.180. The Morgan fingerprint density at radius 1 is 1.69 bits per heavy atom. The lowest BCUT2D eigenvalue weighted by Crippen LogP contribution is -2.01. The first-order valence-electron chi connectivity index (χ1n) is 4.47. The monoisotopic (exact) mass is 178 g/mol. The maximum Gasteiger partial charge on any atom is 0.334 e. The van der Waals surface area contributed by atoms with Crippen LogP contribution in [0.25, 0.3) is 0 Å². The third kappa shape index (κ3) is 2.58. The number of cyclic esters (lactones) is 1. The highest BCUT2D eigenvalue weighted by atomic mass is 16.5. The second-order valence-corrected chi connectivity index (χ2v) is 2.91. The van der Waals surface area contributed by atoms with Crippen molar-refractivity contribution in [2.24, 2.45) is 0 Å². The Kier molecular flexibility index (Phi) is 3.50. The summed E-state index contributed by atoms with van der Waals surface area (Å²) in [4.78, 5) is 11.2. The van der Waals surface area contributed by atoms with Crippen molar-refractivity contribution in [2.75, 3.05) is 0 Å². The molecule has 0 N–H and O–H groups in total. The quantitative estimate of drug-likeness (QED) is 0.377. The van der Waals surface area contributed by atoms with Crippen LogP contribution in [0.5, 0.6) is 0 Å². The van der Waals surface area contributed by atoms with Gasteiger partial charge in [-0.2, -0.15) is 0 Å². The van der Waals surface area contributed by atoms with Crippen molar-refractivity contribution in [3.63, 3.8) is 0 Å². The van der Waals surface area contributed by atoms with E-state index < -0.39 is 0 Å². The normalized spacial score (nSPS) is 25.5. The van der Waals surface area contributed by atoms with Crippen molar-refractivity contribution in [3.05, 3.63) is 36.5 Å². The molecule has 1 aliphatic rings. The van der Waals surface area contributed by atoms with E-state index in [-0.39, 0.29) is 12.1 Å². The minimum atomic E-state index is -0.180. The molecule has 2 heteroatoms. The molecule has 0 aliphatic carbocycles. The van der Waals surface area contributed by atoms with Crippen molar-refractivity contribution in [2.45, 2.75) is 25.9 Å². The van der Waals surface area contributed by atoms with E-state index in [0.717, 1.165) is 12.0 Å². The Labute approximate surface area is 78.6 Å². The summed E-state index contributed by atoms with van der Waals surface area (Å²) in [5, 5.41) is 0. The van der Waals surface area contributed by atoms with E-state index in [4.69, 9.17) is 4.74 Å². The van der Waals surface area contributed by atoms with Gasteiger partial charge in [-0.1, -0.05) is 31.7 Å². The third-order valence-corrected chi connectivity index (χ3v) is 1.85. The molecule has 1 saturated heterocycles. The maximum absolute atomic E-state index is 11.2. The van der Waals surface area contributed by atoms with Crippen molar-refractivity contribution >= 4 is 5.97 Å². The molecular weight excluding hydrogens is 164 g/mol. The molecule has 0 amide bonds. The van der Waals surface area contributed by atoms with Crippen LogP contribution in [-0.4, -0.2) is 12.1 Å². The van der Waals surface area contributed by atoms with Crippen LogP contribution >= 0.6 is 0 Å². The van der Waals surface area contributed by atoms with Crippen LogP contribution in [0.15, 0.2) is 36.5 Å². The van der Waals surface area contributed by atoms with Crippen LogP contribution < -0.4 is 0 Å². The average molecular weight is 178 g/mol. The molecule has 0 aromatic carbocycles. The van der Waals surface area contributed by atoms with Gasteiger partial charge in [0, 0.05) is 12.0 Å². The zero-order chi connectivity index (χ0) is 9.68. The highest BCUT2D eigenvalue weighted by Gasteiger charge is 2.25. The molecule has 1 atom stereocenters. The largest absolute Gasteiger partial charge is 0.454 e. The molecule has 1 aliphatic heterocycles. The number of carbonyl (C=O) groups excluding carboxylic acids is 1. The van der Waals surface area contributed by atoms with Crippen LogP contribution in [0.4, 0.5) is 0 Å². The topological polar surface area (TPSA) is 26.3 Å². The SMILES string of the molecule is C=C/C=C/[C@H]1C/C(=C\CC)C(=O)O1. The van der Waals surface area contributed by atoms with Gasteiger partial charge in [-0.3, -0.25) is 0 Å². The summed E-state index contributed by atoms with van der Waals surface area (Å²) in [7, 11) is 0. The Balaban J connectivity index is 2.60. The molecule has 0 aromatic rings. The van der Waals surface area contributed by atoms with Crippen LogP contribution in [0, 0.1) is 0 Å². The molecule has 0 radical (unpaired) electrons. The molecule has 1 rings (SSSR count). The summed E-state index contributed by atoms with van der Waals surface area (Å²) in [6, 6.07) is 0. The fourth-order valence-corrected chi connectivity index (χ4v) is 1.28. The summed E-state index contributed by atoms with van der Waals surface area (Å²) < 4.78 is 5.09. The molecule has 1 heterocycles. The van der Waals surface area contributed by atoms with Gasteiger partial charge in [0.15, 0.2) is 0 Å². The number of hydrogen-bond donors (Lipinski definition) is 0. The zero-order valence-corrected chi connectivity index (χ0v) is 7.82. The lowest BCUT2D eigenvalue weighted by Gasteiger charge is -1.98. The first-order chi connectivity index (χ1) is 6.27. The molecule has 0 aromatic heterocycles. The number of allylic oxidation sites excluding steroid dienone is 3. The van der Waals surface area contributed by atoms with E-state index in [1.54, 1.807) is 12.2 Å². The minimum Gasteiger partial charge on any atom is -0.454 e. The highest BCUT2D eigenvalue weighted by Crippen LogP contribution is 2.21. The molecule has 70 valence electrons. The van der Waals surface area contributed by atoms with Crippen molar-refractivity contribution in [1.29, 1.82) is 0 Å². The summed E-state index contributed by atoms with van der Waals surface area (Å²) in [6.45, 7) is 5.56. The van der Waals surface area contributed by atoms with Gasteiger partial charge in [0.05, 0.1) is 0 Å². The van der Waals surface area contributed by atoms with E-state index >= 15 is 0 Å². The lowest BCUT2D eigenvalue weighted by molar-refractivity contribution is -0.137. The standard InChI is InChI=1S/C11H14O2/c1-3-5-7-10-8-9(6-4-2)11(12)13-10/h3,5-7,10H,1,4,8H2,2H3/b7-5+,9-6+/t10-/m0/s1. The van der Waals surface area contributed by atoms with Gasteiger partial charge in [0.1, 0.15) is 6.10 Å². The fourth-order valence-electron chi connectivity index (χ4n) is 1.28. The third-order valence-electron chi connectivity index (χ3n) is 1.85. The van der Waals surface area contributed by atoms with E-state index in [2.05, 4.69) is 6.58 Å². The van der Waals surface area contributed by atoms with Crippen molar-refractivity contribution < 1.29 is 9.53 Å². The van der Waals surface area contributed by atoms with E-state index in [0.29, 0.717) is 6.42 Å². The number of carbonyl (C=O) groups is 1. The Hall–Kier alpha value is -1.31. The van der Waals surface area contributed by atoms with Gasteiger partial charge in [-0.15, -0.1) is 0 Å². The van der Waals surface area contributed by atoms with Gasteiger partial charge in [0.2, 0.25) is 0 Å². The molecule has 0 unspecified atom stereocenters. The summed E-state index contributed by atoms with van der Waals surface area (Å²) >= 11 is 0. The van der Waals surface area contributed by atoms with Gasteiger partial charge >= 0.3 is 5.97 Å². The van der Waals surface area contributed by atoms with E-state index in [1.165, 1.54) is 0 Å². The second kappa shape index (κ2) is 4.65. The highest BCUT2D eigenvalue weighted by molar-refractivity contribution is 5.90. The number of esters is 1. The Morgan fingerprint density at radius 2 is 2.46 bits per heavy atom. The van der Waals surface area contributed by atoms with Crippen LogP contribution in [0.2, 0.25) is 0 Å². The van der Waals surface area contributed by atoms with Gasteiger partial charge in [0.25, 0.3) is 0 Å². The van der Waals surface area contributed by atoms with Gasteiger partial charge < -0.3 is 4.74 Å². The predicted molar refractivity (Wildman–Crippen MR) is 52.2 cm³/mol. The number of hydrogen-bond acceptors (Lipinski definition) is 2. The minimum absolute atomic E-state index is 0.0942. The first-order valence-corrected chi connectivity index (χ1v) is 4.47. The molecule has 2 nitrogen and oxygen atoms in total. The van der Waals surface area contributed by atoms with Crippen LogP contribution in [-0.2, 0) is 9.53 Å². The molecular formula is C11H14O2. The zero-order valence-electron chi connectivity index (χ0n) is 7.82. The fraction of sp³-hybridized carbons (Fsp3) is 0.364. The Morgan fingerprint density at radius 3 is 3.08 bits per heavy atom. The lowest BCUT2D eigenvalue weighted by atomic mass is 10.1. The Bertz CT molecular complexity index is 261. The smallest absolute Gasteiger partial charge is 0.334 e. The summed E-state index contributed by atoms with van der Waals surface area (Å²) in [6.07, 6.45) is 8.72. The van der Waals surface area contributed by atoms with Crippen LogP contribution in [0.3, 0.4) is 0 Å². The number of rotatable bonds is 3. The van der Waals surface area contributed by atoms with Crippen molar-refractivity contribution in [1.82, 2.24) is 0 Å². The second-order valence-electron chi connectivity index (χ2n) is 2.91. The molecule has 0 saturated carbocycles. The van der Waals surface area contributed by atoms with Crippen molar-refractivity contribution in [3.8, 4) is 0 Å². The van der Waals surface area contributed by atoms with E-state index in [1.807, 2.05) is 19.1 Å². The van der Waals surface area contributed by atoms with Crippen LogP contribution in [0.1, 0.15) is 19.8 Å². The van der Waals surface area contributed by atoms with Gasteiger partial charge in [-0.05, 0) is 12.5 Å². The van der Waals surface area contributed by atoms with Gasteiger partial charge in [-0.25, -0.2) is 4.79 Å². The summed E-state index contributed by atoms with van der Waals surface area (Å²) in [5.41, 5.74) is 0.793. The van der Waals surface area contributed by atoms with E-state index in [9.17, 15) is 4.79 Å². The first kappa shape index (κ1) is 9.78. The molecule has 1 fully saturated rings. The molecule has 0 spiro atoms. The average Bonchev–Trinajstić information content (AvgIpc) is 2.45. The molecule has 0 bridgehead atoms. The predicted octanol–water partition coefficient (Wildman–Crippen LogP) is 2.38. The molecule has 13 heavy (non-hydrogen) atoms. The maximum atomic E-state index is 11.2.